The number of hydrogen-bond donors (Lipinski definition) is 1. The molecule has 3 aliphatic rings. The SMILES string of the molecule is CNC(=O)O[C@H]1CCC[C@@H]1C(Cn1cnnc1C)(c1cccc(F)c1)C1CCN(CC2CN(c3ccc(C(F)(F)F)cc3)C2)CC1. The van der Waals surface area contributed by atoms with Crippen LogP contribution < -0.4 is 10.2 Å². The fraction of sp³-hybridized carbons (Fsp3) is 0.559. The first-order chi connectivity index (χ1) is 22.1. The second-order valence-corrected chi connectivity index (χ2v) is 13.2. The van der Waals surface area contributed by atoms with Crippen molar-refractivity contribution in [2.75, 3.05) is 44.7 Å². The highest BCUT2D eigenvalue weighted by Crippen LogP contribution is 2.52. The lowest BCUT2D eigenvalue weighted by Gasteiger charge is -2.51. The van der Waals surface area contributed by atoms with Crippen LogP contribution in [-0.2, 0) is 22.9 Å². The summed E-state index contributed by atoms with van der Waals surface area (Å²) in [6, 6.07) is 12.3. The van der Waals surface area contributed by atoms with Crippen molar-refractivity contribution >= 4 is 11.8 Å². The number of rotatable bonds is 9. The van der Waals surface area contributed by atoms with E-state index in [0.717, 1.165) is 94.0 Å². The third-order valence-corrected chi connectivity index (χ3v) is 10.5. The third kappa shape index (κ3) is 6.59. The van der Waals surface area contributed by atoms with E-state index in [1.54, 1.807) is 37.6 Å². The summed E-state index contributed by atoms with van der Waals surface area (Å²) in [4.78, 5) is 17.1. The highest BCUT2D eigenvalue weighted by molar-refractivity contribution is 5.67. The molecule has 3 atom stereocenters. The summed E-state index contributed by atoms with van der Waals surface area (Å²) < 4.78 is 61.9. The zero-order valence-corrected chi connectivity index (χ0v) is 26.3. The number of hydrogen-bond acceptors (Lipinski definition) is 6. The van der Waals surface area contributed by atoms with Gasteiger partial charge in [0.2, 0.25) is 0 Å². The Balaban J connectivity index is 1.19. The van der Waals surface area contributed by atoms with Gasteiger partial charge in [0.1, 0.15) is 24.1 Å². The zero-order chi connectivity index (χ0) is 32.5. The minimum absolute atomic E-state index is 0.0196. The van der Waals surface area contributed by atoms with Crippen LogP contribution in [0.25, 0.3) is 0 Å². The molecular weight excluding hydrogens is 600 g/mol. The van der Waals surface area contributed by atoms with E-state index < -0.39 is 23.2 Å². The first-order valence-corrected chi connectivity index (χ1v) is 16.2. The van der Waals surface area contributed by atoms with Crippen molar-refractivity contribution in [2.24, 2.45) is 17.8 Å². The van der Waals surface area contributed by atoms with Crippen LogP contribution in [0.2, 0.25) is 0 Å². The summed E-state index contributed by atoms with van der Waals surface area (Å²) in [6.07, 6.45) is 0.982. The van der Waals surface area contributed by atoms with E-state index in [9.17, 15) is 22.4 Å². The molecular formula is C34H42F4N6O2. The van der Waals surface area contributed by atoms with Crippen molar-refractivity contribution < 1.29 is 27.1 Å². The molecule has 3 heterocycles. The summed E-state index contributed by atoms with van der Waals surface area (Å²) in [5, 5.41) is 11.0. The topological polar surface area (TPSA) is 75.5 Å². The van der Waals surface area contributed by atoms with E-state index in [1.165, 1.54) is 6.07 Å². The molecule has 0 bridgehead atoms. The van der Waals surface area contributed by atoms with Crippen molar-refractivity contribution in [2.45, 2.75) is 63.3 Å². The number of amides is 1. The number of aryl methyl sites for hydroxylation is 1. The number of piperidine rings is 1. The molecule has 1 N–H and O–H groups in total. The number of benzene rings is 2. The maximum Gasteiger partial charge on any atom is 0.416 e. The van der Waals surface area contributed by atoms with Gasteiger partial charge < -0.3 is 24.4 Å². The molecule has 46 heavy (non-hydrogen) atoms. The van der Waals surface area contributed by atoms with Gasteiger partial charge in [-0.1, -0.05) is 12.1 Å². The van der Waals surface area contributed by atoms with Gasteiger partial charge in [0.05, 0.1) is 5.56 Å². The number of alkyl halides is 3. The minimum Gasteiger partial charge on any atom is -0.446 e. The summed E-state index contributed by atoms with van der Waals surface area (Å²) in [6.45, 7) is 6.79. The molecule has 12 heteroatoms. The molecule has 0 radical (unpaired) electrons. The number of ether oxygens (including phenoxy) is 1. The van der Waals surface area contributed by atoms with Crippen molar-refractivity contribution in [3.8, 4) is 0 Å². The van der Waals surface area contributed by atoms with Crippen LogP contribution in [0.3, 0.4) is 0 Å². The first kappa shape index (κ1) is 32.3. The summed E-state index contributed by atoms with van der Waals surface area (Å²) in [5.41, 5.74) is 0.584. The van der Waals surface area contributed by atoms with E-state index in [1.807, 2.05) is 13.0 Å². The van der Waals surface area contributed by atoms with Crippen LogP contribution in [0, 0.1) is 30.5 Å². The van der Waals surface area contributed by atoms with Crippen molar-refractivity contribution in [1.82, 2.24) is 25.0 Å². The van der Waals surface area contributed by atoms with E-state index in [4.69, 9.17) is 4.74 Å². The Hall–Kier alpha value is -3.67. The number of likely N-dealkylation sites (tertiary alicyclic amines) is 1. The highest BCUT2D eigenvalue weighted by atomic mass is 19.4. The molecule has 248 valence electrons. The standard InChI is InChI=1S/C34H42F4N6O2/c1-23-41-40-22-44(23)21-33(27-5-3-6-28(35)17-27,30-7-4-8-31(30)46-32(45)39-2)25-13-15-42(16-14-25)18-24-19-43(20-24)29-11-9-26(10-12-29)34(36,37)38/h3,5-6,9-12,17,22,24-25,30-31H,4,7-8,13-16,18-21H2,1-2H3,(H,39,45)/t30-,31-,33?/m0/s1. The van der Waals surface area contributed by atoms with Crippen molar-refractivity contribution in [1.29, 1.82) is 0 Å². The van der Waals surface area contributed by atoms with Crippen molar-refractivity contribution in [3.63, 3.8) is 0 Å². The van der Waals surface area contributed by atoms with E-state index in [0.29, 0.717) is 12.5 Å². The van der Waals surface area contributed by atoms with E-state index in [2.05, 4.69) is 29.9 Å². The Morgan fingerprint density at radius 2 is 1.76 bits per heavy atom. The molecule has 1 aromatic heterocycles. The van der Waals surface area contributed by atoms with Crippen LogP contribution >= 0.6 is 0 Å². The lowest BCUT2D eigenvalue weighted by Crippen LogP contribution is -2.55. The Morgan fingerprint density at radius 3 is 2.39 bits per heavy atom. The largest absolute Gasteiger partial charge is 0.446 e. The second-order valence-electron chi connectivity index (χ2n) is 13.2. The zero-order valence-electron chi connectivity index (χ0n) is 26.3. The van der Waals surface area contributed by atoms with Crippen LogP contribution in [0.15, 0.2) is 54.9 Å². The van der Waals surface area contributed by atoms with Crippen LogP contribution in [-0.4, -0.2) is 71.6 Å². The van der Waals surface area contributed by atoms with Crippen molar-refractivity contribution in [3.05, 3.63) is 77.6 Å². The molecule has 0 spiro atoms. The number of halogens is 4. The maximum absolute atomic E-state index is 15.0. The third-order valence-electron chi connectivity index (χ3n) is 10.5. The predicted octanol–water partition coefficient (Wildman–Crippen LogP) is 6.06. The molecule has 1 saturated carbocycles. The van der Waals surface area contributed by atoms with Gasteiger partial charge >= 0.3 is 12.3 Å². The summed E-state index contributed by atoms with van der Waals surface area (Å²) in [5.74, 6) is 1.10. The van der Waals surface area contributed by atoms with Gasteiger partial charge in [0, 0.05) is 56.2 Å². The number of carbonyl (C=O) groups excluding carboxylic acids is 1. The number of alkyl carbamates (subject to hydrolysis) is 1. The Kier molecular flexibility index (Phi) is 9.27. The molecule has 3 aromatic rings. The molecule has 6 rings (SSSR count). The smallest absolute Gasteiger partial charge is 0.416 e. The molecule has 2 aliphatic heterocycles. The molecule has 1 amide bonds. The minimum atomic E-state index is -4.33. The number of anilines is 1. The fourth-order valence-corrected chi connectivity index (χ4v) is 8.22. The molecule has 1 unspecified atom stereocenters. The van der Waals surface area contributed by atoms with Gasteiger partial charge in [0.15, 0.2) is 0 Å². The molecule has 1 aliphatic carbocycles. The highest BCUT2D eigenvalue weighted by Gasteiger charge is 2.53. The van der Waals surface area contributed by atoms with Gasteiger partial charge in [0.25, 0.3) is 0 Å². The molecule has 3 fully saturated rings. The van der Waals surface area contributed by atoms with Gasteiger partial charge in [-0.05, 0) is 100.0 Å². The van der Waals surface area contributed by atoms with Crippen LogP contribution in [0.5, 0.6) is 0 Å². The Morgan fingerprint density at radius 1 is 1.02 bits per heavy atom. The van der Waals surface area contributed by atoms with Gasteiger partial charge in [-0.25, -0.2) is 9.18 Å². The van der Waals surface area contributed by atoms with Gasteiger partial charge in [-0.3, -0.25) is 0 Å². The van der Waals surface area contributed by atoms with Gasteiger partial charge in [-0.15, -0.1) is 10.2 Å². The quantitative estimate of drug-likeness (QED) is 0.287. The summed E-state index contributed by atoms with van der Waals surface area (Å²) in [7, 11) is 1.56. The molecule has 2 saturated heterocycles. The molecule has 8 nitrogen and oxygen atoms in total. The first-order valence-electron chi connectivity index (χ1n) is 16.2. The Labute approximate surface area is 267 Å². The monoisotopic (exact) mass is 642 g/mol. The lowest BCUT2D eigenvalue weighted by molar-refractivity contribution is -0.137. The average molecular weight is 643 g/mol. The van der Waals surface area contributed by atoms with Crippen LogP contribution in [0.1, 0.15) is 49.1 Å². The van der Waals surface area contributed by atoms with Gasteiger partial charge in [-0.2, -0.15) is 13.2 Å². The van der Waals surface area contributed by atoms with Crippen LogP contribution in [0.4, 0.5) is 28.0 Å². The molecule has 2 aromatic carbocycles. The predicted molar refractivity (Wildman–Crippen MR) is 166 cm³/mol. The average Bonchev–Trinajstić information content (AvgIpc) is 3.65. The van der Waals surface area contributed by atoms with E-state index in [-0.39, 0.29) is 23.8 Å². The van der Waals surface area contributed by atoms with E-state index >= 15 is 0 Å². The number of nitrogens with one attached hydrogen (secondary N) is 1. The number of nitrogens with zero attached hydrogens (tertiary/aromatic N) is 5. The Bertz CT molecular complexity index is 1480. The lowest BCUT2D eigenvalue weighted by atomic mass is 9.58. The second kappa shape index (κ2) is 13.2. The number of aromatic nitrogens is 3. The fourth-order valence-electron chi connectivity index (χ4n) is 8.22. The summed E-state index contributed by atoms with van der Waals surface area (Å²) >= 11 is 0. The number of carbonyl (C=O) groups is 1. The normalized spacial score (nSPS) is 22.8. The maximum atomic E-state index is 15.0.